The molecule has 0 fully saturated rings. The Morgan fingerprint density at radius 3 is 2.45 bits per heavy atom. The Morgan fingerprint density at radius 2 is 1.81 bits per heavy atom. The first-order valence-electron chi connectivity index (χ1n) is 11.5. The molecule has 0 amide bonds. The molecule has 1 unspecified atom stereocenters. The molecule has 1 aliphatic carbocycles. The second-order valence-corrected chi connectivity index (χ2v) is 9.45. The van der Waals surface area contributed by atoms with Gasteiger partial charge in [-0.25, -0.2) is 0 Å². The summed E-state index contributed by atoms with van der Waals surface area (Å²) in [6.45, 7) is 11.3. The first-order valence-corrected chi connectivity index (χ1v) is 11.5. The van der Waals surface area contributed by atoms with Crippen molar-refractivity contribution >= 4 is 17.5 Å². The van der Waals surface area contributed by atoms with E-state index in [9.17, 15) is 9.59 Å². The number of hydrogen-bond donors (Lipinski definition) is 0. The molecule has 1 aliphatic heterocycles. The van der Waals surface area contributed by atoms with Crippen LogP contribution in [0.2, 0.25) is 0 Å². The van der Waals surface area contributed by atoms with E-state index in [1.165, 1.54) is 0 Å². The number of rotatable bonds is 8. The van der Waals surface area contributed by atoms with Crippen LogP contribution in [0.5, 0.6) is 5.75 Å². The molecule has 0 bridgehead atoms. The van der Waals surface area contributed by atoms with Gasteiger partial charge in [-0.1, -0.05) is 46.2 Å². The van der Waals surface area contributed by atoms with Crippen molar-refractivity contribution in [3.63, 3.8) is 0 Å². The van der Waals surface area contributed by atoms with E-state index < -0.39 is 5.92 Å². The second kappa shape index (κ2) is 9.80. The Morgan fingerprint density at radius 1 is 1.10 bits per heavy atom. The van der Waals surface area contributed by atoms with Crippen LogP contribution < -0.4 is 4.74 Å². The molecule has 0 aromatic heterocycles. The van der Waals surface area contributed by atoms with Crippen molar-refractivity contribution in [3.8, 4) is 5.75 Å². The molecule has 2 aliphatic rings. The van der Waals surface area contributed by atoms with Crippen molar-refractivity contribution in [1.82, 2.24) is 0 Å². The van der Waals surface area contributed by atoms with Gasteiger partial charge in [-0.2, -0.15) is 0 Å². The minimum atomic E-state index is -0.580. The number of aliphatic imine (C=N–C) groups is 1. The molecule has 1 aromatic rings. The normalized spacial score (nSPS) is 22.6. The average Bonchev–Trinajstić information content (AvgIpc) is 2.70. The van der Waals surface area contributed by atoms with Gasteiger partial charge in [-0.05, 0) is 49.3 Å². The molecule has 0 saturated heterocycles. The number of ether oxygens (including phenoxy) is 2. The highest BCUT2D eigenvalue weighted by molar-refractivity contribution is 6.09. The van der Waals surface area contributed by atoms with Crippen molar-refractivity contribution in [2.75, 3.05) is 13.2 Å². The molecule has 5 heteroatoms. The molecule has 168 valence electrons. The quantitative estimate of drug-likeness (QED) is 0.400. The average molecular weight is 426 g/mol. The SMILES string of the molecule is CCCCOC(=O)C1C(C)=NC2=C(C(=O)CC(C)(C)C2)[C@@H]1c1ccc(OCCC)cc1. The zero-order valence-corrected chi connectivity index (χ0v) is 19.5. The Bertz CT molecular complexity index is 879. The number of ketones is 1. The van der Waals surface area contributed by atoms with E-state index in [0.717, 1.165) is 48.4 Å². The monoisotopic (exact) mass is 425 g/mol. The third-order valence-corrected chi connectivity index (χ3v) is 6.01. The van der Waals surface area contributed by atoms with Crippen LogP contribution in [0.15, 0.2) is 40.5 Å². The standard InChI is InChI=1S/C26H35NO4/c1-6-8-14-31-25(29)22-17(3)27-20-15-26(4,5)16-21(28)24(20)23(22)18-9-11-19(12-10-18)30-13-7-2/h9-12,22-23H,6-8,13-16H2,1-5H3/t22?,23-/m1/s1. The predicted molar refractivity (Wildman–Crippen MR) is 122 cm³/mol. The summed E-state index contributed by atoms with van der Waals surface area (Å²) in [5.74, 6) is -0.367. The summed E-state index contributed by atoms with van der Waals surface area (Å²) in [4.78, 5) is 31.2. The van der Waals surface area contributed by atoms with Crippen molar-refractivity contribution in [1.29, 1.82) is 0 Å². The number of carbonyl (C=O) groups excluding carboxylic acids is 2. The molecule has 1 heterocycles. The lowest BCUT2D eigenvalue weighted by molar-refractivity contribution is -0.146. The van der Waals surface area contributed by atoms with Crippen LogP contribution in [-0.2, 0) is 14.3 Å². The van der Waals surface area contributed by atoms with Gasteiger partial charge in [0.1, 0.15) is 11.7 Å². The van der Waals surface area contributed by atoms with Gasteiger partial charge in [0.2, 0.25) is 0 Å². The summed E-state index contributed by atoms with van der Waals surface area (Å²) < 4.78 is 11.3. The van der Waals surface area contributed by atoms with Gasteiger partial charge in [0.15, 0.2) is 5.78 Å². The van der Waals surface area contributed by atoms with Gasteiger partial charge < -0.3 is 9.47 Å². The smallest absolute Gasteiger partial charge is 0.315 e. The summed E-state index contributed by atoms with van der Waals surface area (Å²) in [6.07, 6.45) is 3.91. The second-order valence-electron chi connectivity index (χ2n) is 9.45. The van der Waals surface area contributed by atoms with Crippen molar-refractivity contribution in [2.45, 2.75) is 72.6 Å². The van der Waals surface area contributed by atoms with Crippen molar-refractivity contribution in [2.24, 2.45) is 16.3 Å². The summed E-state index contributed by atoms with van der Waals surface area (Å²) in [7, 11) is 0. The summed E-state index contributed by atoms with van der Waals surface area (Å²) >= 11 is 0. The number of hydrogen-bond acceptors (Lipinski definition) is 5. The number of benzene rings is 1. The summed E-state index contributed by atoms with van der Waals surface area (Å²) in [5.41, 5.74) is 3.03. The Hall–Kier alpha value is -2.43. The van der Waals surface area contributed by atoms with E-state index in [-0.39, 0.29) is 23.1 Å². The van der Waals surface area contributed by atoms with E-state index in [1.807, 2.05) is 31.2 Å². The summed E-state index contributed by atoms with van der Waals surface area (Å²) in [5, 5.41) is 0. The van der Waals surface area contributed by atoms with Crippen LogP contribution in [0.3, 0.4) is 0 Å². The topological polar surface area (TPSA) is 65.0 Å². The fraction of sp³-hybridized carbons (Fsp3) is 0.577. The lowest BCUT2D eigenvalue weighted by Crippen LogP contribution is -2.39. The van der Waals surface area contributed by atoms with E-state index in [0.29, 0.717) is 25.2 Å². The van der Waals surface area contributed by atoms with Crippen LogP contribution >= 0.6 is 0 Å². The number of allylic oxidation sites excluding steroid dienone is 2. The zero-order chi connectivity index (χ0) is 22.6. The molecule has 0 spiro atoms. The molecule has 1 aromatic carbocycles. The predicted octanol–water partition coefficient (Wildman–Crippen LogP) is 5.64. The number of Topliss-reactive ketones (excluding diaryl/α,β-unsaturated/α-hetero) is 1. The maximum Gasteiger partial charge on any atom is 0.315 e. The maximum absolute atomic E-state index is 13.3. The lowest BCUT2D eigenvalue weighted by Gasteiger charge is -2.39. The van der Waals surface area contributed by atoms with Crippen LogP contribution in [0, 0.1) is 11.3 Å². The Labute approximate surface area is 185 Å². The van der Waals surface area contributed by atoms with Gasteiger partial charge >= 0.3 is 5.97 Å². The van der Waals surface area contributed by atoms with Gasteiger partial charge in [0, 0.05) is 29.3 Å². The van der Waals surface area contributed by atoms with E-state index in [1.54, 1.807) is 0 Å². The van der Waals surface area contributed by atoms with Gasteiger partial charge in [-0.15, -0.1) is 0 Å². The number of esters is 1. The molecular weight excluding hydrogens is 390 g/mol. The number of nitrogens with zero attached hydrogens (tertiary/aromatic N) is 1. The Kier molecular flexibility index (Phi) is 7.34. The highest BCUT2D eigenvalue weighted by Gasteiger charge is 2.46. The lowest BCUT2D eigenvalue weighted by atomic mass is 9.67. The maximum atomic E-state index is 13.3. The molecule has 0 N–H and O–H groups in total. The van der Waals surface area contributed by atoms with E-state index in [4.69, 9.17) is 14.5 Å². The third kappa shape index (κ3) is 5.25. The van der Waals surface area contributed by atoms with Crippen LogP contribution in [-0.4, -0.2) is 30.7 Å². The Balaban J connectivity index is 2.01. The third-order valence-electron chi connectivity index (χ3n) is 6.01. The van der Waals surface area contributed by atoms with Crippen LogP contribution in [0.1, 0.15) is 78.2 Å². The number of unbranched alkanes of at least 4 members (excludes halogenated alkanes) is 1. The first-order chi connectivity index (χ1) is 14.8. The fourth-order valence-electron chi connectivity index (χ4n) is 4.51. The summed E-state index contributed by atoms with van der Waals surface area (Å²) in [6, 6.07) is 7.78. The van der Waals surface area contributed by atoms with Crippen molar-refractivity contribution < 1.29 is 19.1 Å². The van der Waals surface area contributed by atoms with Gasteiger partial charge in [0.25, 0.3) is 0 Å². The molecular formula is C26H35NO4. The van der Waals surface area contributed by atoms with Crippen molar-refractivity contribution in [3.05, 3.63) is 41.1 Å². The first kappa shape index (κ1) is 23.2. The molecule has 5 nitrogen and oxygen atoms in total. The highest BCUT2D eigenvalue weighted by atomic mass is 16.5. The largest absolute Gasteiger partial charge is 0.494 e. The minimum absolute atomic E-state index is 0.0881. The number of carbonyl (C=O) groups is 2. The molecule has 0 radical (unpaired) electrons. The van der Waals surface area contributed by atoms with Gasteiger partial charge in [-0.3, -0.25) is 14.6 Å². The molecule has 3 rings (SSSR count). The van der Waals surface area contributed by atoms with Crippen LogP contribution in [0.25, 0.3) is 0 Å². The zero-order valence-electron chi connectivity index (χ0n) is 19.5. The van der Waals surface area contributed by atoms with Crippen LogP contribution in [0.4, 0.5) is 0 Å². The van der Waals surface area contributed by atoms with E-state index in [2.05, 4.69) is 27.7 Å². The molecule has 0 saturated carbocycles. The minimum Gasteiger partial charge on any atom is -0.494 e. The van der Waals surface area contributed by atoms with E-state index >= 15 is 0 Å². The molecule has 2 atom stereocenters. The molecule has 31 heavy (non-hydrogen) atoms. The van der Waals surface area contributed by atoms with Gasteiger partial charge in [0.05, 0.1) is 13.2 Å². The highest BCUT2D eigenvalue weighted by Crippen LogP contribution is 2.48. The fourth-order valence-corrected chi connectivity index (χ4v) is 4.51.